The van der Waals surface area contributed by atoms with E-state index in [0.29, 0.717) is 36.4 Å². The second-order valence-corrected chi connectivity index (χ2v) is 7.76. The number of rotatable bonds is 6. The molecule has 1 aliphatic rings. The van der Waals surface area contributed by atoms with Gasteiger partial charge in [0.15, 0.2) is 0 Å². The average molecular weight is 409 g/mol. The molecule has 8 nitrogen and oxygen atoms in total. The van der Waals surface area contributed by atoms with E-state index >= 15 is 0 Å². The molecule has 1 aliphatic heterocycles. The highest BCUT2D eigenvalue weighted by Gasteiger charge is 2.22. The molecule has 1 saturated heterocycles. The maximum atomic E-state index is 12.5. The summed E-state index contributed by atoms with van der Waals surface area (Å²) in [6.07, 6.45) is 3.31. The summed E-state index contributed by atoms with van der Waals surface area (Å²) >= 11 is 0. The molecular formula is C22H27N5O3. The van der Waals surface area contributed by atoms with Crippen molar-refractivity contribution < 1.29 is 9.21 Å². The molecule has 1 aromatic carbocycles. The highest BCUT2D eigenvalue weighted by atomic mass is 16.3. The number of carbonyl (C=O) groups excluding carboxylic acids is 1. The summed E-state index contributed by atoms with van der Waals surface area (Å²) in [7, 11) is 0. The van der Waals surface area contributed by atoms with Crippen molar-refractivity contribution in [1.29, 1.82) is 0 Å². The quantitative estimate of drug-likeness (QED) is 0.652. The van der Waals surface area contributed by atoms with Gasteiger partial charge in [0.2, 0.25) is 0 Å². The molecule has 3 aromatic rings. The molecule has 30 heavy (non-hydrogen) atoms. The minimum atomic E-state index is -0.114. The van der Waals surface area contributed by atoms with Crippen molar-refractivity contribution in [2.45, 2.75) is 32.4 Å². The highest BCUT2D eigenvalue weighted by molar-refractivity contribution is 5.77. The molecule has 3 heterocycles. The van der Waals surface area contributed by atoms with Crippen molar-refractivity contribution >= 4 is 16.9 Å². The molecule has 2 amide bonds. The summed E-state index contributed by atoms with van der Waals surface area (Å²) in [6, 6.07) is 11.2. The van der Waals surface area contributed by atoms with Gasteiger partial charge in [-0.15, -0.1) is 0 Å². The number of carbonyl (C=O) groups is 1. The lowest BCUT2D eigenvalue weighted by atomic mass is 10.1. The van der Waals surface area contributed by atoms with Crippen molar-refractivity contribution in [3.63, 3.8) is 0 Å². The van der Waals surface area contributed by atoms with E-state index in [1.165, 1.54) is 0 Å². The van der Waals surface area contributed by atoms with Crippen molar-refractivity contribution in [1.82, 2.24) is 25.1 Å². The molecule has 8 heteroatoms. The lowest BCUT2D eigenvalue weighted by Gasteiger charge is -2.35. The Morgan fingerprint density at radius 2 is 2.00 bits per heavy atom. The first kappa shape index (κ1) is 20.2. The second kappa shape index (κ2) is 9.13. The molecule has 0 radical (unpaired) electrons. The molecule has 1 atom stereocenters. The number of hydrogen-bond acceptors (Lipinski definition) is 5. The maximum absolute atomic E-state index is 12.5. The number of benzene rings is 1. The first-order valence-electron chi connectivity index (χ1n) is 10.4. The van der Waals surface area contributed by atoms with Crippen LogP contribution < -0.4 is 10.9 Å². The van der Waals surface area contributed by atoms with Gasteiger partial charge < -0.3 is 19.6 Å². The number of amides is 2. The van der Waals surface area contributed by atoms with Crippen LogP contribution in [0.2, 0.25) is 0 Å². The molecule has 0 saturated carbocycles. The fourth-order valence-corrected chi connectivity index (χ4v) is 3.72. The number of hydrogen-bond donors (Lipinski definition) is 2. The van der Waals surface area contributed by atoms with E-state index in [-0.39, 0.29) is 17.6 Å². The van der Waals surface area contributed by atoms with Crippen molar-refractivity contribution in [3.8, 4) is 0 Å². The SMILES string of the molecule is CC(CCc1ccco1)NC(=O)N1CCN(Cc2nc3ccccc3c(=O)[nH]2)CC1. The molecule has 2 aromatic heterocycles. The van der Waals surface area contributed by atoms with Crippen LogP contribution in [0.15, 0.2) is 51.9 Å². The minimum Gasteiger partial charge on any atom is -0.469 e. The molecule has 0 spiro atoms. The zero-order chi connectivity index (χ0) is 20.9. The Labute approximate surface area is 174 Å². The predicted octanol–water partition coefficient (Wildman–Crippen LogP) is 2.36. The van der Waals surface area contributed by atoms with Gasteiger partial charge >= 0.3 is 6.03 Å². The number of nitrogens with zero attached hydrogens (tertiary/aromatic N) is 3. The van der Waals surface area contributed by atoms with Gasteiger partial charge in [0.1, 0.15) is 11.6 Å². The van der Waals surface area contributed by atoms with Crippen LogP contribution >= 0.6 is 0 Å². The van der Waals surface area contributed by atoms with Crippen LogP contribution in [-0.4, -0.2) is 58.0 Å². The zero-order valence-corrected chi connectivity index (χ0v) is 17.1. The van der Waals surface area contributed by atoms with Crippen LogP contribution in [0.5, 0.6) is 0 Å². The van der Waals surface area contributed by atoms with E-state index < -0.39 is 0 Å². The largest absolute Gasteiger partial charge is 0.469 e. The third kappa shape index (κ3) is 4.88. The van der Waals surface area contributed by atoms with Gasteiger partial charge in [0, 0.05) is 38.6 Å². The summed E-state index contributed by atoms with van der Waals surface area (Å²) in [4.78, 5) is 36.3. The molecular weight excluding hydrogens is 382 g/mol. The third-order valence-electron chi connectivity index (χ3n) is 5.47. The summed E-state index contributed by atoms with van der Waals surface area (Å²) in [5.74, 6) is 1.59. The van der Waals surface area contributed by atoms with E-state index in [1.54, 1.807) is 12.3 Å². The first-order valence-corrected chi connectivity index (χ1v) is 10.4. The topological polar surface area (TPSA) is 94.5 Å². The van der Waals surface area contributed by atoms with E-state index in [1.807, 2.05) is 42.2 Å². The van der Waals surface area contributed by atoms with Gasteiger partial charge in [-0.3, -0.25) is 9.69 Å². The van der Waals surface area contributed by atoms with Crippen molar-refractivity contribution in [2.75, 3.05) is 26.2 Å². The van der Waals surface area contributed by atoms with Gasteiger partial charge in [-0.1, -0.05) is 12.1 Å². The second-order valence-electron chi connectivity index (χ2n) is 7.76. The van der Waals surface area contributed by atoms with Gasteiger partial charge in [-0.05, 0) is 37.6 Å². The van der Waals surface area contributed by atoms with Crippen molar-refractivity contribution in [3.05, 3.63) is 64.6 Å². The number of para-hydroxylation sites is 1. The molecule has 1 unspecified atom stereocenters. The van der Waals surface area contributed by atoms with Crippen LogP contribution in [-0.2, 0) is 13.0 Å². The van der Waals surface area contributed by atoms with Crippen LogP contribution in [0, 0.1) is 0 Å². The fraction of sp³-hybridized carbons (Fsp3) is 0.409. The van der Waals surface area contributed by atoms with Gasteiger partial charge in [-0.25, -0.2) is 9.78 Å². The third-order valence-corrected chi connectivity index (χ3v) is 5.47. The number of nitrogens with one attached hydrogen (secondary N) is 2. The van der Waals surface area contributed by atoms with Crippen LogP contribution in [0.3, 0.4) is 0 Å². The fourth-order valence-electron chi connectivity index (χ4n) is 3.72. The number of aromatic amines is 1. The highest BCUT2D eigenvalue weighted by Crippen LogP contribution is 2.10. The Morgan fingerprint density at radius 1 is 1.20 bits per heavy atom. The molecule has 158 valence electrons. The summed E-state index contributed by atoms with van der Waals surface area (Å²) in [5, 5.41) is 3.67. The molecule has 1 fully saturated rings. The van der Waals surface area contributed by atoms with E-state index in [4.69, 9.17) is 4.42 Å². The Balaban J connectivity index is 1.25. The number of aromatic nitrogens is 2. The predicted molar refractivity (Wildman–Crippen MR) is 114 cm³/mol. The number of piperazine rings is 1. The summed E-state index contributed by atoms with van der Waals surface area (Å²) < 4.78 is 5.34. The molecule has 0 bridgehead atoms. The Morgan fingerprint density at radius 3 is 2.77 bits per heavy atom. The molecule has 0 aliphatic carbocycles. The summed E-state index contributed by atoms with van der Waals surface area (Å²) in [5.41, 5.74) is 0.593. The van der Waals surface area contributed by atoms with Gasteiger partial charge in [-0.2, -0.15) is 0 Å². The van der Waals surface area contributed by atoms with Crippen LogP contribution in [0.25, 0.3) is 10.9 Å². The lowest BCUT2D eigenvalue weighted by Crippen LogP contribution is -2.53. The normalized spacial score (nSPS) is 16.0. The van der Waals surface area contributed by atoms with E-state index in [0.717, 1.165) is 31.7 Å². The van der Waals surface area contributed by atoms with Crippen LogP contribution in [0.1, 0.15) is 24.9 Å². The molecule has 4 rings (SSSR count). The first-order chi connectivity index (χ1) is 14.6. The number of fused-ring (bicyclic) bond motifs is 1. The Bertz CT molecular complexity index is 1040. The van der Waals surface area contributed by atoms with Crippen molar-refractivity contribution in [2.24, 2.45) is 0 Å². The average Bonchev–Trinajstić information content (AvgIpc) is 3.26. The number of furan rings is 1. The maximum Gasteiger partial charge on any atom is 0.317 e. The van der Waals surface area contributed by atoms with Crippen LogP contribution in [0.4, 0.5) is 4.79 Å². The van der Waals surface area contributed by atoms with Gasteiger partial charge in [0.25, 0.3) is 5.56 Å². The zero-order valence-electron chi connectivity index (χ0n) is 17.1. The Kier molecular flexibility index (Phi) is 6.13. The number of H-pyrrole nitrogens is 1. The lowest BCUT2D eigenvalue weighted by molar-refractivity contribution is 0.131. The van der Waals surface area contributed by atoms with E-state index in [9.17, 15) is 9.59 Å². The monoisotopic (exact) mass is 409 g/mol. The Hall–Kier alpha value is -3.13. The minimum absolute atomic E-state index is 0.0289. The standard InChI is InChI=1S/C22H27N5O3/c1-16(8-9-17-5-4-14-30-17)23-22(29)27-12-10-26(11-13-27)15-20-24-19-7-3-2-6-18(19)21(28)25-20/h2-7,14,16H,8-13,15H2,1H3,(H,23,29)(H,24,25,28). The number of aryl methyl sites for hydroxylation is 1. The van der Waals surface area contributed by atoms with Gasteiger partial charge in [0.05, 0.1) is 23.7 Å². The summed E-state index contributed by atoms with van der Waals surface area (Å²) in [6.45, 7) is 5.35. The smallest absolute Gasteiger partial charge is 0.317 e. The number of urea groups is 1. The van der Waals surface area contributed by atoms with E-state index in [2.05, 4.69) is 20.2 Å². The molecule has 2 N–H and O–H groups in total.